The highest BCUT2D eigenvalue weighted by Gasteiger charge is 2.40. The average molecular weight is 398 g/mol. The van der Waals surface area contributed by atoms with E-state index in [1.54, 1.807) is 19.2 Å². The van der Waals surface area contributed by atoms with E-state index in [1.165, 1.54) is 4.90 Å². The molecule has 2 amide bonds. The first-order valence-electron chi connectivity index (χ1n) is 9.70. The first-order valence-corrected chi connectivity index (χ1v) is 9.70. The number of para-hydroxylation sites is 1. The van der Waals surface area contributed by atoms with Gasteiger partial charge < -0.3 is 10.1 Å². The number of nitrogens with one attached hydrogen (secondary N) is 1. The molecule has 0 spiro atoms. The lowest BCUT2D eigenvalue weighted by atomic mass is 10.0. The summed E-state index contributed by atoms with van der Waals surface area (Å²) in [5.74, 6) is -0.160. The molecular weight excluding hydrogens is 376 g/mol. The molecule has 1 aliphatic rings. The van der Waals surface area contributed by atoms with Gasteiger partial charge in [0.1, 0.15) is 11.4 Å². The smallest absolute Gasteiger partial charge is 0.278 e. The van der Waals surface area contributed by atoms with E-state index >= 15 is 0 Å². The molecule has 1 heterocycles. The summed E-state index contributed by atoms with van der Waals surface area (Å²) in [5.41, 5.74) is 3.89. The molecule has 0 radical (unpaired) electrons. The van der Waals surface area contributed by atoms with Gasteiger partial charge in [-0.15, -0.1) is 0 Å². The van der Waals surface area contributed by atoms with Gasteiger partial charge in [-0.05, 0) is 30.7 Å². The second-order valence-corrected chi connectivity index (χ2v) is 7.12. The van der Waals surface area contributed by atoms with Crippen LogP contribution in [0.1, 0.15) is 16.7 Å². The van der Waals surface area contributed by atoms with Crippen molar-refractivity contribution in [3.8, 4) is 5.75 Å². The van der Waals surface area contributed by atoms with Crippen molar-refractivity contribution in [1.82, 2.24) is 4.90 Å². The lowest BCUT2D eigenvalue weighted by Crippen LogP contribution is -2.32. The molecule has 0 aromatic heterocycles. The van der Waals surface area contributed by atoms with Gasteiger partial charge in [0.15, 0.2) is 0 Å². The number of methoxy groups -OCH3 is 1. The van der Waals surface area contributed by atoms with Crippen molar-refractivity contribution in [3.63, 3.8) is 0 Å². The van der Waals surface area contributed by atoms with Gasteiger partial charge in [-0.2, -0.15) is 0 Å². The molecule has 5 nitrogen and oxygen atoms in total. The number of hydrogen-bond donors (Lipinski definition) is 1. The van der Waals surface area contributed by atoms with E-state index < -0.39 is 0 Å². The van der Waals surface area contributed by atoms with Crippen molar-refractivity contribution in [1.29, 1.82) is 0 Å². The number of carbonyl (C=O) groups is 2. The summed E-state index contributed by atoms with van der Waals surface area (Å²) < 4.78 is 5.47. The van der Waals surface area contributed by atoms with Gasteiger partial charge in [-0.1, -0.05) is 66.2 Å². The molecule has 150 valence electrons. The van der Waals surface area contributed by atoms with E-state index in [1.807, 2.05) is 73.7 Å². The van der Waals surface area contributed by atoms with Gasteiger partial charge in [-0.3, -0.25) is 14.5 Å². The predicted molar refractivity (Wildman–Crippen MR) is 117 cm³/mol. The Hall–Kier alpha value is -3.86. The fraction of sp³-hybridized carbons (Fsp3) is 0.120. The zero-order valence-corrected chi connectivity index (χ0v) is 16.9. The van der Waals surface area contributed by atoms with E-state index in [0.29, 0.717) is 16.9 Å². The van der Waals surface area contributed by atoms with E-state index in [-0.39, 0.29) is 24.1 Å². The van der Waals surface area contributed by atoms with Crippen LogP contribution in [0.5, 0.6) is 5.75 Å². The van der Waals surface area contributed by atoms with Crippen LogP contribution in [0.25, 0.3) is 5.57 Å². The fourth-order valence-corrected chi connectivity index (χ4v) is 3.48. The third kappa shape index (κ3) is 3.70. The molecule has 0 saturated heterocycles. The van der Waals surface area contributed by atoms with E-state index in [4.69, 9.17) is 4.74 Å². The largest absolute Gasteiger partial charge is 0.496 e. The number of aryl methyl sites for hydroxylation is 1. The molecule has 1 N–H and O–H groups in total. The Bertz CT molecular complexity index is 1120. The van der Waals surface area contributed by atoms with E-state index in [9.17, 15) is 9.59 Å². The molecule has 0 bridgehead atoms. The third-order valence-corrected chi connectivity index (χ3v) is 5.05. The number of nitrogens with zero attached hydrogens (tertiary/aromatic N) is 1. The van der Waals surface area contributed by atoms with Crippen molar-refractivity contribution >= 4 is 23.1 Å². The molecule has 30 heavy (non-hydrogen) atoms. The highest BCUT2D eigenvalue weighted by atomic mass is 16.5. The van der Waals surface area contributed by atoms with Crippen molar-refractivity contribution in [3.05, 3.63) is 101 Å². The van der Waals surface area contributed by atoms with Crippen LogP contribution in [-0.2, 0) is 16.1 Å². The molecule has 3 aromatic rings. The molecule has 3 aromatic carbocycles. The van der Waals surface area contributed by atoms with Crippen LogP contribution in [-0.4, -0.2) is 23.8 Å². The highest BCUT2D eigenvalue weighted by molar-refractivity contribution is 6.36. The van der Waals surface area contributed by atoms with Gasteiger partial charge in [0.2, 0.25) is 0 Å². The fourth-order valence-electron chi connectivity index (χ4n) is 3.48. The van der Waals surface area contributed by atoms with Crippen LogP contribution < -0.4 is 10.1 Å². The Kier molecular flexibility index (Phi) is 5.35. The van der Waals surface area contributed by atoms with Crippen LogP contribution >= 0.6 is 0 Å². The van der Waals surface area contributed by atoms with E-state index in [0.717, 1.165) is 16.8 Å². The van der Waals surface area contributed by atoms with Crippen molar-refractivity contribution in [2.75, 3.05) is 12.4 Å². The number of imide groups is 1. The summed E-state index contributed by atoms with van der Waals surface area (Å²) in [6.07, 6.45) is 0. The molecule has 4 rings (SSSR count). The molecule has 0 aliphatic carbocycles. The lowest BCUT2D eigenvalue weighted by molar-refractivity contribution is -0.137. The van der Waals surface area contributed by atoms with Crippen LogP contribution in [0.4, 0.5) is 5.69 Å². The first-order chi connectivity index (χ1) is 14.6. The maximum Gasteiger partial charge on any atom is 0.278 e. The monoisotopic (exact) mass is 398 g/mol. The Morgan fingerprint density at radius 1 is 0.833 bits per heavy atom. The van der Waals surface area contributed by atoms with Gasteiger partial charge in [0.05, 0.1) is 19.2 Å². The maximum absolute atomic E-state index is 13.4. The summed E-state index contributed by atoms with van der Waals surface area (Å²) in [5, 5.41) is 3.18. The molecule has 0 fully saturated rings. The standard InChI is InChI=1S/C25H22N2O3/c1-17-12-14-19(15-13-17)26-23-22(20-10-6-7-11-21(20)30-2)24(28)27(25(23)29)16-18-8-4-3-5-9-18/h3-15,26H,16H2,1-2H3. The SMILES string of the molecule is COc1ccccc1C1=C(Nc2ccc(C)cc2)C(=O)N(Cc2ccccc2)C1=O. The maximum atomic E-state index is 13.4. The summed E-state index contributed by atoms with van der Waals surface area (Å²) >= 11 is 0. The average Bonchev–Trinajstić information content (AvgIpc) is 3.00. The van der Waals surface area contributed by atoms with Crippen LogP contribution in [0.15, 0.2) is 84.6 Å². The summed E-state index contributed by atoms with van der Waals surface area (Å²) in [6.45, 7) is 2.20. The molecular formula is C25H22N2O3. The van der Waals surface area contributed by atoms with Crippen molar-refractivity contribution < 1.29 is 14.3 Å². The first kappa shape index (κ1) is 19.5. The number of hydrogen-bond acceptors (Lipinski definition) is 4. The normalized spacial score (nSPS) is 13.7. The summed E-state index contributed by atoms with van der Waals surface area (Å²) in [6, 6.07) is 24.4. The Morgan fingerprint density at radius 2 is 1.50 bits per heavy atom. The number of anilines is 1. The summed E-state index contributed by atoms with van der Waals surface area (Å²) in [7, 11) is 1.55. The minimum Gasteiger partial charge on any atom is -0.496 e. The number of ether oxygens (including phenoxy) is 1. The molecule has 1 aliphatic heterocycles. The van der Waals surface area contributed by atoms with Gasteiger partial charge >= 0.3 is 0 Å². The van der Waals surface area contributed by atoms with Gasteiger partial charge in [-0.25, -0.2) is 0 Å². The summed E-state index contributed by atoms with van der Waals surface area (Å²) in [4.78, 5) is 28.0. The number of benzene rings is 3. The molecule has 5 heteroatoms. The predicted octanol–water partition coefficient (Wildman–Crippen LogP) is 4.40. The molecule has 0 saturated carbocycles. The molecule has 0 unspecified atom stereocenters. The van der Waals surface area contributed by atoms with Gasteiger partial charge in [0.25, 0.3) is 11.8 Å². The number of amides is 2. The lowest BCUT2D eigenvalue weighted by Gasteiger charge is -2.15. The van der Waals surface area contributed by atoms with Gasteiger partial charge in [0, 0.05) is 11.3 Å². The Balaban J connectivity index is 1.78. The van der Waals surface area contributed by atoms with Crippen LogP contribution in [0, 0.1) is 6.92 Å². The quantitative estimate of drug-likeness (QED) is 0.626. The third-order valence-electron chi connectivity index (χ3n) is 5.05. The topological polar surface area (TPSA) is 58.6 Å². The number of carbonyl (C=O) groups excluding carboxylic acids is 2. The minimum atomic E-state index is -0.356. The van der Waals surface area contributed by atoms with Crippen LogP contribution in [0.3, 0.4) is 0 Å². The van der Waals surface area contributed by atoms with E-state index in [2.05, 4.69) is 5.32 Å². The van der Waals surface area contributed by atoms with Crippen molar-refractivity contribution in [2.45, 2.75) is 13.5 Å². The molecule has 0 atom stereocenters. The second kappa shape index (κ2) is 8.25. The highest BCUT2D eigenvalue weighted by Crippen LogP contribution is 2.35. The Morgan fingerprint density at radius 3 is 2.20 bits per heavy atom. The zero-order chi connectivity index (χ0) is 21.1. The van der Waals surface area contributed by atoms with Crippen molar-refractivity contribution in [2.24, 2.45) is 0 Å². The van der Waals surface area contributed by atoms with Crippen LogP contribution in [0.2, 0.25) is 0 Å². The second-order valence-electron chi connectivity index (χ2n) is 7.12. The Labute approximate surface area is 175 Å². The number of rotatable bonds is 6. The minimum absolute atomic E-state index is 0.205. The zero-order valence-electron chi connectivity index (χ0n) is 16.9.